The molecule has 0 radical (unpaired) electrons. The maximum Gasteiger partial charge on any atom is 0.330 e. The van der Waals surface area contributed by atoms with Crippen molar-refractivity contribution in [3.8, 4) is 11.4 Å². The normalized spacial score (nSPS) is 25.7. The Hall–Kier alpha value is -2.65. The first-order chi connectivity index (χ1) is 13.8. The van der Waals surface area contributed by atoms with Gasteiger partial charge >= 0.3 is 5.82 Å². The molecular weight excluding hydrogens is 475 g/mol. The molecule has 29 heavy (non-hydrogen) atoms. The molecule has 4 unspecified atom stereocenters. The standard InChI is InChI=1S/C22H19N6.HI/c1-14-20-19(15-6-3-4-7-16(15)21-24-9-5-11-27(20)21)17-8-10-23-12-18(17)28-22(14)26(2)13-25-28;/h3-13,19-20,22H,1H2,2H3;1H/q+1;. The predicted octanol–water partition coefficient (Wildman–Crippen LogP) is -1.58. The quantitative estimate of drug-likeness (QED) is 0.233. The monoisotopic (exact) mass is 495 g/mol. The third-order valence-corrected chi connectivity index (χ3v) is 6.17. The van der Waals surface area contributed by atoms with E-state index in [-0.39, 0.29) is 42.1 Å². The van der Waals surface area contributed by atoms with E-state index in [4.69, 9.17) is 10.1 Å². The van der Waals surface area contributed by atoms with Crippen LogP contribution in [0.5, 0.6) is 0 Å². The highest BCUT2D eigenvalue weighted by molar-refractivity contribution is 5.65. The lowest BCUT2D eigenvalue weighted by atomic mass is 9.77. The van der Waals surface area contributed by atoms with Crippen LogP contribution >= 0.6 is 0 Å². The molecule has 0 spiro atoms. The van der Waals surface area contributed by atoms with Gasteiger partial charge in [0, 0.05) is 24.9 Å². The first-order valence-corrected chi connectivity index (χ1v) is 9.47. The molecule has 3 aromatic rings. The van der Waals surface area contributed by atoms with Gasteiger partial charge in [-0.15, -0.1) is 0 Å². The predicted molar refractivity (Wildman–Crippen MR) is 105 cm³/mol. The Kier molecular flexibility index (Phi) is 4.25. The molecule has 6 nitrogen and oxygen atoms in total. The molecule has 1 aromatic carbocycles. The number of halogens is 1. The van der Waals surface area contributed by atoms with Gasteiger partial charge in [0.2, 0.25) is 6.17 Å². The molecule has 5 heterocycles. The lowest BCUT2D eigenvalue weighted by molar-refractivity contribution is -0.865. The number of hydrogen-bond acceptors (Lipinski definition) is 4. The third-order valence-electron chi connectivity index (χ3n) is 6.17. The van der Waals surface area contributed by atoms with Crippen molar-refractivity contribution in [1.29, 1.82) is 0 Å². The summed E-state index contributed by atoms with van der Waals surface area (Å²) in [7, 11) is 2.06. The summed E-state index contributed by atoms with van der Waals surface area (Å²) < 4.78 is 2.29. The Bertz CT molecular complexity index is 1160. The van der Waals surface area contributed by atoms with Crippen LogP contribution in [0, 0.1) is 0 Å². The number of nitrogens with one attached hydrogen (secondary N) is 1. The number of quaternary nitrogens is 1. The minimum atomic E-state index is 0. The average Bonchev–Trinajstić information content (AvgIpc) is 3.08. The van der Waals surface area contributed by atoms with Crippen LogP contribution in [0.25, 0.3) is 11.4 Å². The molecule has 0 fully saturated rings. The van der Waals surface area contributed by atoms with E-state index in [1.54, 1.807) is 0 Å². The molecule has 6 rings (SSSR count). The van der Waals surface area contributed by atoms with Crippen molar-refractivity contribution in [3.63, 3.8) is 0 Å². The molecule has 144 valence electrons. The van der Waals surface area contributed by atoms with E-state index in [9.17, 15) is 0 Å². The second-order valence-corrected chi connectivity index (χ2v) is 7.60. The zero-order valence-electron chi connectivity index (χ0n) is 15.9. The fraction of sp³-hybridized carbons (Fsp3) is 0.182. The SMILES string of the molecule is C=C1C2C(c3ccccc3-c3nccc[n+]32)c2ccncc2[NH+]2N=CN(C)C12.[I-]. The molecule has 0 saturated heterocycles. The highest BCUT2D eigenvalue weighted by Crippen LogP contribution is 2.47. The lowest BCUT2D eigenvalue weighted by Gasteiger charge is -2.32. The first kappa shape index (κ1) is 18.4. The van der Waals surface area contributed by atoms with Crippen molar-refractivity contribution in [1.82, 2.24) is 14.9 Å². The zero-order chi connectivity index (χ0) is 18.8. The summed E-state index contributed by atoms with van der Waals surface area (Å²) in [6.07, 6.45) is 9.76. The molecular formula is C22H20IN6+. The molecule has 7 heteroatoms. The van der Waals surface area contributed by atoms with Crippen LogP contribution in [0.4, 0.5) is 5.69 Å². The topological polar surface area (TPSA) is 49.7 Å². The van der Waals surface area contributed by atoms with E-state index in [0.717, 1.165) is 22.1 Å². The van der Waals surface area contributed by atoms with Crippen LogP contribution in [0.2, 0.25) is 0 Å². The molecule has 0 bridgehead atoms. The van der Waals surface area contributed by atoms with Crippen molar-refractivity contribution in [2.45, 2.75) is 18.1 Å². The minimum absolute atomic E-state index is 0. The summed E-state index contributed by atoms with van der Waals surface area (Å²) in [6.45, 7) is 4.59. The zero-order valence-corrected chi connectivity index (χ0v) is 18.1. The Morgan fingerprint density at radius 3 is 2.86 bits per heavy atom. The Morgan fingerprint density at radius 1 is 1.10 bits per heavy atom. The van der Waals surface area contributed by atoms with Crippen molar-refractivity contribution < 1.29 is 33.6 Å². The van der Waals surface area contributed by atoms with Crippen LogP contribution in [-0.4, -0.2) is 34.4 Å². The van der Waals surface area contributed by atoms with Gasteiger partial charge in [0.25, 0.3) is 0 Å². The number of fused-ring (bicyclic) bond motifs is 10. The van der Waals surface area contributed by atoms with Crippen molar-refractivity contribution in [2.24, 2.45) is 5.10 Å². The van der Waals surface area contributed by atoms with Crippen molar-refractivity contribution in [3.05, 3.63) is 84.5 Å². The van der Waals surface area contributed by atoms with Crippen LogP contribution in [0.1, 0.15) is 23.1 Å². The molecule has 3 aliphatic heterocycles. The second-order valence-electron chi connectivity index (χ2n) is 7.60. The molecule has 3 aliphatic rings. The van der Waals surface area contributed by atoms with Crippen molar-refractivity contribution in [2.75, 3.05) is 7.05 Å². The van der Waals surface area contributed by atoms with E-state index < -0.39 is 0 Å². The highest BCUT2D eigenvalue weighted by Gasteiger charge is 2.52. The highest BCUT2D eigenvalue weighted by atomic mass is 127. The van der Waals surface area contributed by atoms with Gasteiger partial charge in [0.05, 0.1) is 29.4 Å². The van der Waals surface area contributed by atoms with Gasteiger partial charge < -0.3 is 28.9 Å². The van der Waals surface area contributed by atoms with E-state index >= 15 is 0 Å². The molecule has 1 N–H and O–H groups in total. The van der Waals surface area contributed by atoms with Crippen LogP contribution < -0.4 is 33.6 Å². The number of nitrogens with zero attached hydrogens (tertiary/aromatic N) is 5. The first-order valence-electron chi connectivity index (χ1n) is 9.47. The maximum atomic E-state index is 4.75. The average molecular weight is 495 g/mol. The number of pyridine rings is 1. The van der Waals surface area contributed by atoms with E-state index in [1.165, 1.54) is 16.7 Å². The van der Waals surface area contributed by atoms with Gasteiger partial charge in [-0.1, -0.05) is 29.9 Å². The fourth-order valence-electron chi connectivity index (χ4n) is 5.04. The van der Waals surface area contributed by atoms with Gasteiger partial charge in [-0.05, 0) is 22.7 Å². The van der Waals surface area contributed by atoms with Gasteiger partial charge in [-0.25, -0.2) is 4.57 Å². The maximum absolute atomic E-state index is 4.75. The minimum Gasteiger partial charge on any atom is -1.00 e. The molecule has 4 atom stereocenters. The number of rotatable bonds is 0. The van der Waals surface area contributed by atoms with E-state index in [1.807, 2.05) is 31.0 Å². The van der Waals surface area contributed by atoms with Crippen LogP contribution in [0.15, 0.2) is 78.4 Å². The number of benzene rings is 1. The Labute approximate surface area is 186 Å². The van der Waals surface area contributed by atoms with Gasteiger partial charge in [-0.2, -0.15) is 5.01 Å². The molecule has 0 saturated carbocycles. The van der Waals surface area contributed by atoms with Crippen LogP contribution in [-0.2, 0) is 0 Å². The van der Waals surface area contributed by atoms with E-state index in [0.29, 0.717) is 0 Å². The Morgan fingerprint density at radius 2 is 1.97 bits per heavy atom. The van der Waals surface area contributed by atoms with Gasteiger partial charge in [0.15, 0.2) is 12.0 Å². The summed E-state index contributed by atoms with van der Waals surface area (Å²) in [5, 5.41) is 5.79. The van der Waals surface area contributed by atoms with Crippen LogP contribution in [0.3, 0.4) is 0 Å². The third kappa shape index (κ3) is 2.43. The summed E-state index contributed by atoms with van der Waals surface area (Å²) in [6, 6.07) is 12.8. The Balaban J connectivity index is 0.00000181. The number of aromatic nitrogens is 3. The number of likely N-dealkylation sites (N-methyl/N-ethyl adjacent to an activating group) is 1. The molecule has 0 amide bonds. The summed E-state index contributed by atoms with van der Waals surface area (Å²) >= 11 is 0. The summed E-state index contributed by atoms with van der Waals surface area (Å²) in [5.41, 5.74) is 5.95. The smallest absolute Gasteiger partial charge is 0.330 e. The largest absolute Gasteiger partial charge is 1.00 e. The van der Waals surface area contributed by atoms with E-state index in [2.05, 4.69) is 64.6 Å². The van der Waals surface area contributed by atoms with Gasteiger partial charge in [0.1, 0.15) is 12.2 Å². The second kappa shape index (κ2) is 6.70. The molecule has 2 aromatic heterocycles. The van der Waals surface area contributed by atoms with Gasteiger partial charge in [-0.3, -0.25) is 4.98 Å². The lowest BCUT2D eigenvalue weighted by Crippen LogP contribution is -3.07. The summed E-state index contributed by atoms with van der Waals surface area (Å²) in [5.74, 6) is 1.13. The summed E-state index contributed by atoms with van der Waals surface area (Å²) in [4.78, 5) is 11.3. The fourth-order valence-corrected chi connectivity index (χ4v) is 5.04. The molecule has 0 aliphatic carbocycles. The van der Waals surface area contributed by atoms with Crippen molar-refractivity contribution >= 4 is 12.0 Å². The number of hydrogen-bond donors (Lipinski definition) is 1.